The van der Waals surface area contributed by atoms with Crippen LogP contribution in [0.15, 0.2) is 27.4 Å². The zero-order valence-corrected chi connectivity index (χ0v) is 12.4. The van der Waals surface area contributed by atoms with Crippen LogP contribution >= 0.6 is 0 Å². The molecule has 3 unspecified atom stereocenters. The van der Waals surface area contributed by atoms with E-state index in [0.717, 1.165) is 36.2 Å². The Balaban J connectivity index is 1.65. The number of rotatable bonds is 5. The first-order valence-electron chi connectivity index (χ1n) is 8.14. The van der Waals surface area contributed by atoms with E-state index in [1.165, 1.54) is 24.8 Å². The summed E-state index contributed by atoms with van der Waals surface area (Å²) in [5.74, 6) is 2.22. The molecule has 2 aromatic rings. The fraction of sp³-hybridized carbons (Fsp3) is 0.588. The number of hydrogen-bond acceptors (Lipinski definition) is 3. The van der Waals surface area contributed by atoms with Gasteiger partial charge in [-0.3, -0.25) is 4.98 Å². The zero-order chi connectivity index (χ0) is 14.4. The van der Waals surface area contributed by atoms with Crippen LogP contribution in [0.25, 0.3) is 11.1 Å². The van der Waals surface area contributed by atoms with Crippen LogP contribution in [0.2, 0.25) is 0 Å². The summed E-state index contributed by atoms with van der Waals surface area (Å²) in [5, 5.41) is 3.72. The highest BCUT2D eigenvalue weighted by atomic mass is 16.4. The Kier molecular flexibility index (Phi) is 3.14. The number of benzene rings is 1. The van der Waals surface area contributed by atoms with Crippen LogP contribution < -0.4 is 11.1 Å². The van der Waals surface area contributed by atoms with E-state index in [0.29, 0.717) is 11.6 Å². The molecule has 2 saturated carbocycles. The predicted molar refractivity (Wildman–Crippen MR) is 82.2 cm³/mol. The van der Waals surface area contributed by atoms with Crippen molar-refractivity contribution in [1.29, 1.82) is 0 Å². The largest absolute Gasteiger partial charge is 0.417 e. The van der Waals surface area contributed by atoms with Crippen molar-refractivity contribution in [3.05, 3.63) is 34.3 Å². The molecule has 4 nitrogen and oxygen atoms in total. The molecule has 0 amide bonds. The molecule has 0 radical (unpaired) electrons. The van der Waals surface area contributed by atoms with Gasteiger partial charge in [0.05, 0.1) is 5.52 Å². The summed E-state index contributed by atoms with van der Waals surface area (Å²) in [5.41, 5.74) is 2.72. The molecule has 0 aliphatic heterocycles. The fourth-order valence-electron chi connectivity index (χ4n) is 4.30. The second-order valence-corrected chi connectivity index (χ2v) is 6.54. The Morgan fingerprint density at radius 2 is 2.19 bits per heavy atom. The molecule has 2 aliphatic carbocycles. The van der Waals surface area contributed by atoms with E-state index in [-0.39, 0.29) is 5.76 Å². The van der Waals surface area contributed by atoms with Crippen molar-refractivity contribution in [2.45, 2.75) is 38.6 Å². The minimum absolute atomic E-state index is 0.372. The van der Waals surface area contributed by atoms with Gasteiger partial charge >= 0.3 is 5.76 Å². The van der Waals surface area contributed by atoms with E-state index in [1.54, 1.807) is 0 Å². The van der Waals surface area contributed by atoms with Crippen LogP contribution in [0, 0.1) is 17.8 Å². The van der Waals surface area contributed by atoms with Crippen molar-refractivity contribution in [1.82, 2.24) is 10.3 Å². The summed E-state index contributed by atoms with van der Waals surface area (Å²) in [6.07, 6.45) is 5.32. The van der Waals surface area contributed by atoms with E-state index in [9.17, 15) is 4.79 Å². The molecule has 0 spiro atoms. The minimum Gasteiger partial charge on any atom is -0.408 e. The molecule has 0 saturated heterocycles. The van der Waals surface area contributed by atoms with Crippen molar-refractivity contribution >= 4 is 11.1 Å². The summed E-state index contributed by atoms with van der Waals surface area (Å²) >= 11 is 0. The third-order valence-electron chi connectivity index (χ3n) is 5.28. The van der Waals surface area contributed by atoms with Gasteiger partial charge in [0.2, 0.25) is 0 Å². The average molecular weight is 286 g/mol. The number of H-pyrrole nitrogens is 1. The van der Waals surface area contributed by atoms with Gasteiger partial charge in [0, 0.05) is 6.04 Å². The molecule has 2 N–H and O–H groups in total. The Hall–Kier alpha value is -1.55. The molecule has 3 atom stereocenters. The Bertz CT molecular complexity index is 692. The van der Waals surface area contributed by atoms with Crippen LogP contribution in [0.5, 0.6) is 0 Å². The highest BCUT2D eigenvalue weighted by molar-refractivity contribution is 5.73. The van der Waals surface area contributed by atoms with Gasteiger partial charge in [0.15, 0.2) is 5.58 Å². The van der Waals surface area contributed by atoms with Gasteiger partial charge in [-0.2, -0.15) is 0 Å². The monoisotopic (exact) mass is 286 g/mol. The zero-order valence-electron chi connectivity index (χ0n) is 12.4. The lowest BCUT2D eigenvalue weighted by Crippen LogP contribution is -2.25. The van der Waals surface area contributed by atoms with Crippen molar-refractivity contribution < 1.29 is 4.42 Å². The SMILES string of the molecule is CCCNC(c1ccc2[nH]c(=O)oc2c1)C1C2CCCC21. The predicted octanol–water partition coefficient (Wildman–Crippen LogP) is 3.21. The fourth-order valence-corrected chi connectivity index (χ4v) is 4.30. The number of aromatic amines is 1. The lowest BCUT2D eigenvalue weighted by atomic mass is 9.96. The third-order valence-corrected chi connectivity index (χ3v) is 5.28. The highest BCUT2D eigenvalue weighted by Crippen LogP contribution is 2.62. The molecule has 21 heavy (non-hydrogen) atoms. The third kappa shape index (κ3) is 2.22. The van der Waals surface area contributed by atoms with E-state index in [1.807, 2.05) is 12.1 Å². The topological polar surface area (TPSA) is 58.0 Å². The summed E-state index contributed by atoms with van der Waals surface area (Å²) in [6, 6.07) is 6.54. The van der Waals surface area contributed by atoms with Crippen molar-refractivity contribution in [2.24, 2.45) is 17.8 Å². The Morgan fingerprint density at radius 1 is 1.38 bits per heavy atom. The van der Waals surface area contributed by atoms with E-state index in [2.05, 4.69) is 23.3 Å². The Morgan fingerprint density at radius 3 is 2.95 bits per heavy atom. The first kappa shape index (κ1) is 13.1. The first-order chi connectivity index (χ1) is 10.3. The first-order valence-corrected chi connectivity index (χ1v) is 8.14. The van der Waals surface area contributed by atoms with Crippen LogP contribution in [-0.4, -0.2) is 11.5 Å². The lowest BCUT2D eigenvalue weighted by Gasteiger charge is -2.21. The summed E-state index contributed by atoms with van der Waals surface area (Å²) in [4.78, 5) is 14.0. The standard InChI is InChI=1S/C17H22N2O2/c1-2-8-18-16(15-11-4-3-5-12(11)15)10-6-7-13-14(9-10)21-17(20)19-13/h6-7,9,11-12,15-16,18H,2-5,8H2,1H3,(H,19,20). The second kappa shape index (κ2) is 5.02. The van der Waals surface area contributed by atoms with Gasteiger partial charge in [-0.15, -0.1) is 0 Å². The van der Waals surface area contributed by atoms with Gasteiger partial charge in [-0.05, 0) is 61.3 Å². The van der Waals surface area contributed by atoms with E-state index < -0.39 is 0 Å². The van der Waals surface area contributed by atoms with Crippen LogP contribution in [0.1, 0.15) is 44.2 Å². The molecule has 112 valence electrons. The minimum atomic E-state index is -0.372. The highest BCUT2D eigenvalue weighted by Gasteiger charge is 2.55. The summed E-state index contributed by atoms with van der Waals surface area (Å²) in [7, 11) is 0. The molecule has 4 heteroatoms. The maximum absolute atomic E-state index is 11.3. The van der Waals surface area contributed by atoms with Crippen LogP contribution in [0.3, 0.4) is 0 Å². The van der Waals surface area contributed by atoms with Crippen molar-refractivity contribution in [2.75, 3.05) is 6.54 Å². The average Bonchev–Trinajstić information content (AvgIpc) is 2.85. The summed E-state index contributed by atoms with van der Waals surface area (Å²) in [6.45, 7) is 3.24. The van der Waals surface area contributed by atoms with Gasteiger partial charge < -0.3 is 9.73 Å². The van der Waals surface area contributed by atoms with Gasteiger partial charge in [0.25, 0.3) is 0 Å². The van der Waals surface area contributed by atoms with Crippen molar-refractivity contribution in [3.8, 4) is 0 Å². The maximum atomic E-state index is 11.3. The second-order valence-electron chi connectivity index (χ2n) is 6.54. The summed E-state index contributed by atoms with van der Waals surface area (Å²) < 4.78 is 5.22. The molecule has 2 fully saturated rings. The normalized spacial score (nSPS) is 28.7. The molecular weight excluding hydrogens is 264 g/mol. The van der Waals surface area contributed by atoms with Crippen LogP contribution in [-0.2, 0) is 0 Å². The van der Waals surface area contributed by atoms with Gasteiger partial charge in [0.1, 0.15) is 0 Å². The number of nitrogens with one attached hydrogen (secondary N) is 2. The smallest absolute Gasteiger partial charge is 0.408 e. The molecule has 1 heterocycles. The van der Waals surface area contributed by atoms with E-state index >= 15 is 0 Å². The molecule has 0 bridgehead atoms. The molecule has 1 aromatic heterocycles. The van der Waals surface area contributed by atoms with Crippen LogP contribution in [0.4, 0.5) is 0 Å². The molecular formula is C17H22N2O2. The Labute approximate surface area is 123 Å². The van der Waals surface area contributed by atoms with E-state index in [4.69, 9.17) is 4.42 Å². The lowest BCUT2D eigenvalue weighted by molar-refractivity contribution is 0.417. The number of oxazole rings is 1. The maximum Gasteiger partial charge on any atom is 0.417 e. The van der Waals surface area contributed by atoms with Gasteiger partial charge in [-0.1, -0.05) is 19.4 Å². The molecule has 2 aliphatic rings. The van der Waals surface area contributed by atoms with Gasteiger partial charge in [-0.25, -0.2) is 4.79 Å². The molecule has 4 rings (SSSR count). The quantitative estimate of drug-likeness (QED) is 0.887. The number of fused-ring (bicyclic) bond motifs is 2. The number of aromatic nitrogens is 1. The molecule has 1 aromatic carbocycles. The number of hydrogen-bond donors (Lipinski definition) is 2. The van der Waals surface area contributed by atoms with Crippen molar-refractivity contribution in [3.63, 3.8) is 0 Å².